The van der Waals surface area contributed by atoms with Gasteiger partial charge in [-0.05, 0) is 54.8 Å². The van der Waals surface area contributed by atoms with Crippen molar-refractivity contribution in [2.75, 3.05) is 26.2 Å². The van der Waals surface area contributed by atoms with Gasteiger partial charge in [-0.3, -0.25) is 4.79 Å². The number of nitrogens with one attached hydrogen (secondary N) is 1. The van der Waals surface area contributed by atoms with Crippen molar-refractivity contribution in [3.05, 3.63) is 35.4 Å². The first kappa shape index (κ1) is 17.3. The van der Waals surface area contributed by atoms with Crippen LogP contribution in [-0.4, -0.2) is 37.0 Å². The summed E-state index contributed by atoms with van der Waals surface area (Å²) in [5, 5.41) is 3.47. The van der Waals surface area contributed by atoms with E-state index in [2.05, 4.69) is 31.3 Å². The van der Waals surface area contributed by atoms with Crippen molar-refractivity contribution in [3.63, 3.8) is 0 Å². The maximum absolute atomic E-state index is 12.6. The number of amides is 1. The number of halogens is 1. The molecule has 0 radical (unpaired) electrons. The molecule has 1 spiro atoms. The fraction of sp³-hybridized carbons (Fsp3) is 0.611. The van der Waals surface area contributed by atoms with Gasteiger partial charge in [0.1, 0.15) is 0 Å². The fourth-order valence-corrected chi connectivity index (χ4v) is 3.60. The topological polar surface area (TPSA) is 32.3 Å². The zero-order valence-electron chi connectivity index (χ0n) is 13.6. The summed E-state index contributed by atoms with van der Waals surface area (Å²) >= 11 is 0. The van der Waals surface area contributed by atoms with E-state index in [4.69, 9.17) is 0 Å². The van der Waals surface area contributed by atoms with Gasteiger partial charge in [0.25, 0.3) is 5.91 Å². The monoisotopic (exact) mass is 322 g/mol. The van der Waals surface area contributed by atoms with E-state index in [1.54, 1.807) is 0 Å². The molecule has 0 bridgehead atoms. The molecule has 1 amide bonds. The molecule has 2 fully saturated rings. The molecule has 2 heterocycles. The lowest BCUT2D eigenvalue weighted by Crippen LogP contribution is -2.44. The molecule has 1 aromatic rings. The zero-order valence-corrected chi connectivity index (χ0v) is 14.4. The first-order valence-corrected chi connectivity index (χ1v) is 8.20. The second kappa shape index (κ2) is 7.01. The van der Waals surface area contributed by atoms with Crippen molar-refractivity contribution in [1.82, 2.24) is 10.2 Å². The molecule has 0 atom stereocenters. The molecular weight excluding hydrogens is 296 g/mol. The average molecular weight is 323 g/mol. The first-order chi connectivity index (χ1) is 10.1. The lowest BCUT2D eigenvalue weighted by atomic mass is 9.78. The molecule has 2 aliphatic rings. The number of hydrogen-bond donors (Lipinski definition) is 1. The second-order valence-corrected chi connectivity index (χ2v) is 7.00. The van der Waals surface area contributed by atoms with Crippen molar-refractivity contribution in [1.29, 1.82) is 0 Å². The van der Waals surface area contributed by atoms with Gasteiger partial charge in [-0.2, -0.15) is 0 Å². The summed E-state index contributed by atoms with van der Waals surface area (Å²) < 4.78 is 0. The smallest absolute Gasteiger partial charge is 0.253 e. The van der Waals surface area contributed by atoms with Crippen molar-refractivity contribution in [2.24, 2.45) is 5.41 Å². The normalized spacial score (nSPS) is 20.2. The number of piperidine rings is 1. The third kappa shape index (κ3) is 3.47. The maximum Gasteiger partial charge on any atom is 0.253 e. The molecule has 0 unspecified atom stereocenters. The Hall–Kier alpha value is -1.06. The molecule has 3 rings (SSSR count). The van der Waals surface area contributed by atoms with Crippen LogP contribution < -0.4 is 5.32 Å². The maximum atomic E-state index is 12.6. The summed E-state index contributed by atoms with van der Waals surface area (Å²) in [6, 6.07) is 8.15. The van der Waals surface area contributed by atoms with Crippen molar-refractivity contribution >= 4 is 18.3 Å². The Bertz CT molecular complexity index is 496. The van der Waals surface area contributed by atoms with Crippen LogP contribution in [0.15, 0.2) is 24.3 Å². The molecule has 2 aliphatic heterocycles. The highest BCUT2D eigenvalue weighted by molar-refractivity contribution is 5.94. The van der Waals surface area contributed by atoms with E-state index in [0.29, 0.717) is 11.3 Å². The molecule has 0 aromatic heterocycles. The third-order valence-electron chi connectivity index (χ3n) is 5.27. The molecule has 4 heteroatoms. The number of nitrogens with zero attached hydrogens (tertiary/aromatic N) is 1. The van der Waals surface area contributed by atoms with Crippen LogP contribution in [0.5, 0.6) is 0 Å². The van der Waals surface area contributed by atoms with E-state index < -0.39 is 0 Å². The highest BCUT2D eigenvalue weighted by Gasteiger charge is 2.38. The van der Waals surface area contributed by atoms with Crippen LogP contribution in [0.1, 0.15) is 54.9 Å². The lowest BCUT2D eigenvalue weighted by molar-refractivity contribution is 0.0607. The van der Waals surface area contributed by atoms with E-state index in [-0.39, 0.29) is 18.3 Å². The lowest BCUT2D eigenvalue weighted by Gasteiger charge is -2.38. The number of carbonyl (C=O) groups is 1. The zero-order chi connectivity index (χ0) is 14.9. The summed E-state index contributed by atoms with van der Waals surface area (Å²) in [4.78, 5) is 14.6. The minimum atomic E-state index is 0. The minimum absolute atomic E-state index is 0. The standard InChI is InChI=1S/C18H26N2O.ClH/c1-14(2)15-3-5-16(6-4-15)17(21)20-11-8-18(9-12-20)7-10-19-13-18;/h3-6,14,19H,7-13H2,1-2H3;1H. The predicted molar refractivity (Wildman–Crippen MR) is 92.8 cm³/mol. The molecule has 122 valence electrons. The summed E-state index contributed by atoms with van der Waals surface area (Å²) in [5.74, 6) is 0.713. The Morgan fingerprint density at radius 3 is 2.27 bits per heavy atom. The number of benzene rings is 1. The van der Waals surface area contributed by atoms with Gasteiger partial charge in [0.05, 0.1) is 0 Å². The van der Waals surface area contributed by atoms with Gasteiger partial charge in [-0.15, -0.1) is 12.4 Å². The number of hydrogen-bond acceptors (Lipinski definition) is 2. The van der Waals surface area contributed by atoms with Gasteiger partial charge < -0.3 is 10.2 Å². The quantitative estimate of drug-likeness (QED) is 0.904. The van der Waals surface area contributed by atoms with Crippen LogP contribution in [0.25, 0.3) is 0 Å². The number of likely N-dealkylation sites (tertiary alicyclic amines) is 1. The van der Waals surface area contributed by atoms with Crippen LogP contribution in [-0.2, 0) is 0 Å². The van der Waals surface area contributed by atoms with Crippen molar-refractivity contribution in [2.45, 2.75) is 39.0 Å². The highest BCUT2D eigenvalue weighted by atomic mass is 35.5. The Morgan fingerprint density at radius 1 is 1.14 bits per heavy atom. The van der Waals surface area contributed by atoms with Crippen LogP contribution in [0.2, 0.25) is 0 Å². The van der Waals surface area contributed by atoms with Gasteiger partial charge in [-0.25, -0.2) is 0 Å². The van der Waals surface area contributed by atoms with Crippen LogP contribution in [0, 0.1) is 5.41 Å². The van der Waals surface area contributed by atoms with Gasteiger partial charge in [-0.1, -0.05) is 26.0 Å². The summed E-state index contributed by atoms with van der Waals surface area (Å²) in [6.07, 6.45) is 3.57. The van der Waals surface area contributed by atoms with Gasteiger partial charge in [0, 0.05) is 25.2 Å². The van der Waals surface area contributed by atoms with Crippen molar-refractivity contribution in [3.8, 4) is 0 Å². The number of rotatable bonds is 2. The Morgan fingerprint density at radius 2 is 1.77 bits per heavy atom. The second-order valence-electron chi connectivity index (χ2n) is 7.00. The van der Waals surface area contributed by atoms with Gasteiger partial charge in [0.2, 0.25) is 0 Å². The third-order valence-corrected chi connectivity index (χ3v) is 5.27. The van der Waals surface area contributed by atoms with E-state index in [1.807, 2.05) is 17.0 Å². The SMILES string of the molecule is CC(C)c1ccc(C(=O)N2CCC3(CCNC3)CC2)cc1.Cl. The Balaban J connectivity index is 0.00000176. The molecule has 0 aliphatic carbocycles. The Kier molecular flexibility index (Phi) is 5.51. The molecule has 22 heavy (non-hydrogen) atoms. The minimum Gasteiger partial charge on any atom is -0.339 e. The average Bonchev–Trinajstić information content (AvgIpc) is 2.96. The number of carbonyl (C=O) groups excluding carboxylic acids is 1. The molecule has 3 nitrogen and oxygen atoms in total. The van der Waals surface area contributed by atoms with Crippen LogP contribution in [0.3, 0.4) is 0 Å². The molecular formula is C18H27ClN2O. The van der Waals surface area contributed by atoms with E-state index in [0.717, 1.165) is 44.6 Å². The first-order valence-electron chi connectivity index (χ1n) is 8.20. The van der Waals surface area contributed by atoms with Crippen LogP contribution >= 0.6 is 12.4 Å². The van der Waals surface area contributed by atoms with Gasteiger partial charge in [0.15, 0.2) is 0 Å². The molecule has 0 saturated carbocycles. The highest BCUT2D eigenvalue weighted by Crippen LogP contribution is 2.37. The molecule has 1 aromatic carbocycles. The van der Waals surface area contributed by atoms with E-state index in [9.17, 15) is 4.79 Å². The summed E-state index contributed by atoms with van der Waals surface area (Å²) in [5.41, 5.74) is 2.60. The Labute approximate surface area is 139 Å². The van der Waals surface area contributed by atoms with Gasteiger partial charge >= 0.3 is 0 Å². The van der Waals surface area contributed by atoms with E-state index in [1.165, 1.54) is 12.0 Å². The molecule has 1 N–H and O–H groups in total. The van der Waals surface area contributed by atoms with Crippen LogP contribution in [0.4, 0.5) is 0 Å². The molecule has 2 saturated heterocycles. The summed E-state index contributed by atoms with van der Waals surface area (Å²) in [7, 11) is 0. The predicted octanol–water partition coefficient (Wildman–Crippen LogP) is 3.45. The largest absolute Gasteiger partial charge is 0.339 e. The van der Waals surface area contributed by atoms with Crippen molar-refractivity contribution < 1.29 is 4.79 Å². The summed E-state index contributed by atoms with van der Waals surface area (Å²) in [6.45, 7) is 8.45. The van der Waals surface area contributed by atoms with E-state index >= 15 is 0 Å². The fourth-order valence-electron chi connectivity index (χ4n) is 3.60.